The molecule has 0 saturated heterocycles. The first-order chi connectivity index (χ1) is 33.1. The number of anilines is 7. The van der Waals surface area contributed by atoms with Gasteiger partial charge in [0.1, 0.15) is 11.2 Å². The molecule has 318 valence electrons. The molecule has 2 aliphatic rings. The number of para-hydroxylation sites is 3. The predicted octanol–water partition coefficient (Wildman–Crippen LogP) is 16.2. The number of rotatable bonds is 8. The topological polar surface area (TPSA) is 39.9 Å². The molecule has 13 rings (SSSR count). The molecule has 0 saturated carbocycles. The molecule has 11 aromatic rings. The van der Waals surface area contributed by atoms with Crippen molar-refractivity contribution in [3.63, 3.8) is 0 Å². The lowest BCUT2D eigenvalue weighted by atomic mass is 9.67. The van der Waals surface area contributed by atoms with Crippen molar-refractivity contribution in [1.82, 2.24) is 0 Å². The smallest absolute Gasteiger partial charge is 0.301 e. The summed E-state index contributed by atoms with van der Waals surface area (Å²) in [7, 11) is -3.62. The summed E-state index contributed by atoms with van der Waals surface area (Å²) in [6, 6.07) is 89.1. The highest BCUT2D eigenvalue weighted by atomic mass is 31.2. The molecular weight excluding hydrogens is 838 g/mol. The van der Waals surface area contributed by atoms with Crippen molar-refractivity contribution in [2.45, 2.75) is 5.41 Å². The fourth-order valence-corrected chi connectivity index (χ4v) is 13.9. The van der Waals surface area contributed by atoms with Crippen LogP contribution in [-0.2, 0) is 9.98 Å². The van der Waals surface area contributed by atoms with E-state index < -0.39 is 12.9 Å². The van der Waals surface area contributed by atoms with E-state index in [9.17, 15) is 0 Å². The van der Waals surface area contributed by atoms with Gasteiger partial charge in [0.05, 0.1) is 33.2 Å². The molecule has 1 aromatic heterocycles. The van der Waals surface area contributed by atoms with Gasteiger partial charge in [-0.05, 0) is 118 Å². The van der Waals surface area contributed by atoms with Crippen molar-refractivity contribution in [2.24, 2.45) is 0 Å². The molecule has 0 radical (unpaired) electrons. The summed E-state index contributed by atoms with van der Waals surface area (Å²) in [5.74, 6) is 0. The Bertz CT molecular complexity index is 3650. The van der Waals surface area contributed by atoms with Crippen molar-refractivity contribution in [3.05, 3.63) is 277 Å². The fourth-order valence-electron chi connectivity index (χ4n) is 10.9. The van der Waals surface area contributed by atoms with Crippen LogP contribution in [0.25, 0.3) is 33.1 Å². The third-order valence-corrected chi connectivity index (χ3v) is 16.6. The van der Waals surface area contributed by atoms with Crippen LogP contribution in [0.2, 0.25) is 0 Å². The Morgan fingerprint density at radius 2 is 0.940 bits per heavy atom. The van der Waals surface area contributed by atoms with E-state index in [1.807, 2.05) is 91.0 Å². The Kier molecular flexibility index (Phi) is 8.96. The average molecular weight is 880 g/mol. The van der Waals surface area contributed by atoms with Gasteiger partial charge in [-0.3, -0.25) is 13.9 Å². The van der Waals surface area contributed by atoms with Crippen LogP contribution in [0.4, 0.5) is 39.8 Å². The highest BCUT2D eigenvalue weighted by molar-refractivity contribution is 7.76. The number of furan rings is 1. The molecule has 67 heavy (non-hydrogen) atoms. The number of hydrogen-bond donors (Lipinski definition) is 0. The predicted molar refractivity (Wildman–Crippen MR) is 277 cm³/mol. The van der Waals surface area contributed by atoms with Gasteiger partial charge in [-0.25, -0.2) is 0 Å². The van der Waals surface area contributed by atoms with Gasteiger partial charge in [0.15, 0.2) is 0 Å². The van der Waals surface area contributed by atoms with E-state index in [1.165, 1.54) is 33.4 Å². The summed E-state index contributed by atoms with van der Waals surface area (Å²) in [4.78, 5) is 2.37. The zero-order chi connectivity index (χ0) is 44.5. The van der Waals surface area contributed by atoms with Crippen LogP contribution in [-0.4, -0.2) is 0 Å². The summed E-state index contributed by atoms with van der Waals surface area (Å²) in [6.07, 6.45) is 0. The Morgan fingerprint density at radius 3 is 1.63 bits per heavy atom. The van der Waals surface area contributed by atoms with Crippen molar-refractivity contribution >= 4 is 74.5 Å². The molecule has 0 bridgehead atoms. The second-order valence-electron chi connectivity index (χ2n) is 17.2. The third kappa shape index (κ3) is 5.78. The van der Waals surface area contributed by atoms with Crippen molar-refractivity contribution in [1.29, 1.82) is 0 Å². The van der Waals surface area contributed by atoms with Crippen molar-refractivity contribution in [3.8, 4) is 11.1 Å². The van der Waals surface area contributed by atoms with E-state index in [2.05, 4.69) is 178 Å². The minimum atomic E-state index is -3.62. The molecule has 1 atom stereocenters. The van der Waals surface area contributed by atoms with Crippen LogP contribution in [0.15, 0.2) is 259 Å². The summed E-state index contributed by atoms with van der Waals surface area (Å²) in [5.41, 5.74) is 14.6. The number of fused-ring (bicyclic) bond motifs is 7. The number of hydrogen-bond acceptors (Lipinski definition) is 3. The van der Waals surface area contributed by atoms with E-state index in [4.69, 9.17) is 4.42 Å². The van der Waals surface area contributed by atoms with E-state index in [0.717, 1.165) is 67.1 Å². The molecule has 1 aliphatic heterocycles. The van der Waals surface area contributed by atoms with Gasteiger partial charge >= 0.3 is 7.44 Å². The van der Waals surface area contributed by atoms with E-state index in [-0.39, 0.29) is 0 Å². The lowest BCUT2D eigenvalue weighted by Gasteiger charge is -2.35. The summed E-state index contributed by atoms with van der Waals surface area (Å²) in [6.45, 7) is 0. The molecule has 1 unspecified atom stereocenters. The minimum absolute atomic E-state index is 0.606. The number of benzene rings is 10. The molecule has 0 fully saturated rings. The van der Waals surface area contributed by atoms with Crippen LogP contribution in [0, 0.1) is 0 Å². The van der Waals surface area contributed by atoms with Gasteiger partial charge in [-0.1, -0.05) is 170 Å². The maximum atomic E-state index is 16.6. The molecule has 2 heterocycles. The zero-order valence-corrected chi connectivity index (χ0v) is 37.2. The monoisotopic (exact) mass is 879 g/mol. The lowest BCUT2D eigenvalue weighted by molar-refractivity contribution is 0.582. The largest absolute Gasteiger partial charge is 0.456 e. The SMILES string of the molecule is O=P1(c2ccccc2)N(c2ccccc2)c2ccc(N(c3ccc4c(c3)C(c3ccccc3)(c3ccccc3)c3ccccc3-4)c3cccc4oc5ccccc5c34)cc2N1c1ccccc1. The Balaban J connectivity index is 1.11. The van der Waals surface area contributed by atoms with Crippen molar-refractivity contribution < 1.29 is 8.98 Å². The first kappa shape index (κ1) is 39.0. The molecule has 10 aromatic carbocycles. The molecule has 1 aliphatic carbocycles. The molecule has 5 nitrogen and oxygen atoms in total. The van der Waals surface area contributed by atoms with Gasteiger partial charge < -0.3 is 9.32 Å². The van der Waals surface area contributed by atoms with E-state index in [1.54, 1.807) is 0 Å². The van der Waals surface area contributed by atoms with Gasteiger partial charge in [0.2, 0.25) is 0 Å². The molecule has 0 amide bonds. The Labute approximate surface area is 389 Å². The van der Waals surface area contributed by atoms with Gasteiger partial charge in [-0.15, -0.1) is 0 Å². The number of nitrogens with zero attached hydrogens (tertiary/aromatic N) is 3. The van der Waals surface area contributed by atoms with Crippen LogP contribution in [0.1, 0.15) is 22.3 Å². The normalized spacial score (nSPS) is 15.6. The third-order valence-electron chi connectivity index (χ3n) is 13.6. The second-order valence-corrected chi connectivity index (χ2v) is 19.6. The maximum Gasteiger partial charge on any atom is 0.301 e. The minimum Gasteiger partial charge on any atom is -0.456 e. The van der Waals surface area contributed by atoms with Crippen LogP contribution >= 0.6 is 7.44 Å². The Morgan fingerprint density at radius 1 is 0.418 bits per heavy atom. The van der Waals surface area contributed by atoms with Crippen LogP contribution in [0.5, 0.6) is 0 Å². The molecule has 0 N–H and O–H groups in total. The van der Waals surface area contributed by atoms with Gasteiger partial charge in [-0.2, -0.15) is 0 Å². The molecule has 6 heteroatoms. The van der Waals surface area contributed by atoms with Gasteiger partial charge in [0.25, 0.3) is 0 Å². The van der Waals surface area contributed by atoms with E-state index >= 15 is 4.57 Å². The summed E-state index contributed by atoms with van der Waals surface area (Å²) >= 11 is 0. The highest BCUT2D eigenvalue weighted by Crippen LogP contribution is 2.70. The van der Waals surface area contributed by atoms with Crippen molar-refractivity contribution in [2.75, 3.05) is 14.2 Å². The first-order valence-corrected chi connectivity index (χ1v) is 24.3. The van der Waals surface area contributed by atoms with E-state index in [0.29, 0.717) is 0 Å². The molecule has 0 spiro atoms. The fraction of sp³-hybridized carbons (Fsp3) is 0.0164. The Hall–Kier alpha value is -8.37. The van der Waals surface area contributed by atoms with Gasteiger partial charge in [0, 0.05) is 28.1 Å². The summed E-state index contributed by atoms with van der Waals surface area (Å²) < 4.78 is 27.4. The van der Waals surface area contributed by atoms with Crippen LogP contribution < -0.4 is 19.5 Å². The quantitative estimate of drug-likeness (QED) is 0.142. The van der Waals surface area contributed by atoms with Crippen LogP contribution in [0.3, 0.4) is 0 Å². The highest BCUT2D eigenvalue weighted by Gasteiger charge is 2.50. The average Bonchev–Trinajstić information content (AvgIpc) is 4.02. The lowest BCUT2D eigenvalue weighted by Crippen LogP contribution is -2.28. The standard InChI is InChI=1S/C61H42N3O2P/c65-67(49-29-14-5-15-30-49)63(45-25-10-3-11-26-45)55-40-38-48(42-57(55)64(67)46-27-12-4-13-28-46)62(56-34-20-36-59-60(56)52-32-17-19-35-58(52)66-59)47-37-39-51-50-31-16-18-33-53(50)61(54(51)41-47,43-21-6-1-7-22-43)44-23-8-2-9-24-44/h1-42H. The second kappa shape index (κ2) is 15.4. The maximum absolute atomic E-state index is 16.6. The zero-order valence-electron chi connectivity index (χ0n) is 36.4. The summed E-state index contributed by atoms with van der Waals surface area (Å²) in [5, 5.41) is 2.79. The first-order valence-electron chi connectivity index (χ1n) is 22.7. The molecular formula is C61H42N3O2P.